The number of imidazole rings is 1. The lowest BCUT2D eigenvalue weighted by atomic mass is 9.76. The first kappa shape index (κ1) is 35.9. The molecule has 2 fully saturated rings. The van der Waals surface area contributed by atoms with Gasteiger partial charge >= 0.3 is 0 Å². The van der Waals surface area contributed by atoms with Crippen LogP contribution in [-0.2, 0) is 12.0 Å². The Morgan fingerprint density at radius 2 is 1.77 bits per heavy atom. The Morgan fingerprint density at radius 1 is 0.981 bits per heavy atom. The largest absolute Gasteiger partial charge is 0.454 e. The second-order valence-electron chi connectivity index (χ2n) is 13.8. The van der Waals surface area contributed by atoms with Crippen LogP contribution < -0.4 is 9.47 Å². The average molecular weight is 744 g/mol. The van der Waals surface area contributed by atoms with Crippen LogP contribution in [-0.4, -0.2) is 70.6 Å². The third-order valence-electron chi connectivity index (χ3n) is 10.6. The zero-order valence-corrected chi connectivity index (χ0v) is 30.6. The Hall–Kier alpha value is -4.44. The van der Waals surface area contributed by atoms with Crippen LogP contribution in [0.25, 0.3) is 6.08 Å². The summed E-state index contributed by atoms with van der Waals surface area (Å²) in [6.07, 6.45) is 12.5. The lowest BCUT2D eigenvalue weighted by Crippen LogP contribution is -2.41. The Bertz CT molecular complexity index is 2000. The molecular formula is C41H41Cl2FN4O4. The van der Waals surface area contributed by atoms with Crippen molar-refractivity contribution in [3.8, 4) is 11.5 Å². The van der Waals surface area contributed by atoms with Gasteiger partial charge in [0.05, 0.1) is 22.5 Å². The number of ether oxygens (including phenoxy) is 2. The molecule has 1 atom stereocenters. The van der Waals surface area contributed by atoms with Gasteiger partial charge in [0.25, 0.3) is 5.91 Å². The minimum Gasteiger partial charge on any atom is -0.454 e. The number of piperidine rings is 1. The van der Waals surface area contributed by atoms with Gasteiger partial charge in [0.1, 0.15) is 5.82 Å². The van der Waals surface area contributed by atoms with Crippen molar-refractivity contribution in [1.29, 1.82) is 0 Å². The van der Waals surface area contributed by atoms with E-state index >= 15 is 0 Å². The van der Waals surface area contributed by atoms with Gasteiger partial charge < -0.3 is 23.8 Å². The molecule has 4 heterocycles. The highest BCUT2D eigenvalue weighted by atomic mass is 35.5. The SMILES string of the molecule is C/C=C\C=C/c1cnc(C(=O)C2CCN(CCC3(c4ccc5c(c4)OCO5)CCN(C(=O)c4ccc(Cl)cc4Cl)C3)CC2)n1Cc1ccc(F)cc1. The molecule has 0 bridgehead atoms. The highest BCUT2D eigenvalue weighted by Crippen LogP contribution is 2.43. The van der Waals surface area contributed by atoms with Crippen molar-refractivity contribution in [2.45, 2.75) is 44.6 Å². The second-order valence-corrected chi connectivity index (χ2v) is 14.6. The fourth-order valence-corrected chi connectivity index (χ4v) is 8.07. The molecule has 3 aliphatic rings. The summed E-state index contributed by atoms with van der Waals surface area (Å²) in [4.78, 5) is 36.6. The number of likely N-dealkylation sites (tertiary alicyclic amines) is 2. The number of carbonyl (C=O) groups excluding carboxylic acids is 2. The molecule has 8 nitrogen and oxygen atoms in total. The molecule has 4 aromatic rings. The summed E-state index contributed by atoms with van der Waals surface area (Å²) in [6, 6.07) is 17.5. The molecule has 0 spiro atoms. The molecule has 0 saturated carbocycles. The van der Waals surface area contributed by atoms with E-state index in [1.54, 1.807) is 36.5 Å². The summed E-state index contributed by atoms with van der Waals surface area (Å²) in [5.41, 5.74) is 2.97. The topological polar surface area (TPSA) is 76.9 Å². The minimum absolute atomic E-state index is 0.0371. The standard InChI is InChI=1S/C41H41Cl2FN4O4/c1-2-3-4-5-33-24-45-39(48(33)25-28-6-10-32(44)11-7-28)38(49)29-14-18-46(19-15-29)20-16-41(30-8-13-36-37(22-30)52-27-51-36)17-21-47(26-41)40(50)34-12-9-31(42)23-35(34)43/h2-13,22-24,29H,14-21,25-27H2,1H3/b3-2-,5-4-. The van der Waals surface area contributed by atoms with Crippen LogP contribution in [0.2, 0.25) is 10.0 Å². The number of allylic oxidation sites excluding steroid dienone is 3. The lowest BCUT2D eigenvalue weighted by molar-refractivity contribution is 0.0778. The Kier molecular flexibility index (Phi) is 10.8. The van der Waals surface area contributed by atoms with Gasteiger partial charge in [-0.25, -0.2) is 9.37 Å². The maximum atomic E-state index is 14.0. The first-order chi connectivity index (χ1) is 25.2. The molecule has 3 aliphatic heterocycles. The molecule has 2 saturated heterocycles. The summed E-state index contributed by atoms with van der Waals surface area (Å²) < 4.78 is 26.9. The van der Waals surface area contributed by atoms with E-state index < -0.39 is 0 Å². The number of hydrogen-bond donors (Lipinski definition) is 0. The lowest BCUT2D eigenvalue weighted by Gasteiger charge is -2.36. The van der Waals surface area contributed by atoms with Crippen molar-refractivity contribution in [3.05, 3.63) is 129 Å². The average Bonchev–Trinajstić information content (AvgIpc) is 3.91. The van der Waals surface area contributed by atoms with Crippen molar-refractivity contribution >= 4 is 41.0 Å². The van der Waals surface area contributed by atoms with Crippen LogP contribution in [0.5, 0.6) is 11.5 Å². The summed E-state index contributed by atoms with van der Waals surface area (Å²) >= 11 is 12.6. The van der Waals surface area contributed by atoms with Crippen LogP contribution in [0.15, 0.2) is 85.1 Å². The molecule has 0 N–H and O–H groups in total. The summed E-state index contributed by atoms with van der Waals surface area (Å²) in [7, 11) is 0. The number of Topliss-reactive ketones (excluding diaryl/α,β-unsaturated/α-hetero) is 1. The van der Waals surface area contributed by atoms with E-state index in [4.69, 9.17) is 32.7 Å². The van der Waals surface area contributed by atoms with E-state index in [9.17, 15) is 14.0 Å². The predicted octanol–water partition coefficient (Wildman–Crippen LogP) is 8.46. The van der Waals surface area contributed by atoms with Crippen LogP contribution >= 0.6 is 23.2 Å². The van der Waals surface area contributed by atoms with Gasteiger partial charge in [-0.05, 0) is 112 Å². The van der Waals surface area contributed by atoms with Crippen LogP contribution in [0, 0.1) is 11.7 Å². The summed E-state index contributed by atoms with van der Waals surface area (Å²) in [6.45, 7) is 6.08. The van der Waals surface area contributed by atoms with Crippen molar-refractivity contribution in [2.75, 3.05) is 39.5 Å². The van der Waals surface area contributed by atoms with E-state index in [1.807, 2.05) is 46.8 Å². The monoisotopic (exact) mass is 742 g/mol. The van der Waals surface area contributed by atoms with Crippen LogP contribution in [0.4, 0.5) is 4.39 Å². The van der Waals surface area contributed by atoms with Gasteiger partial charge in [-0.3, -0.25) is 9.59 Å². The van der Waals surface area contributed by atoms with Crippen molar-refractivity contribution in [1.82, 2.24) is 19.4 Å². The molecular weight excluding hydrogens is 702 g/mol. The number of halogens is 3. The highest BCUT2D eigenvalue weighted by Gasteiger charge is 2.43. The number of aromatic nitrogens is 2. The molecule has 7 rings (SSSR count). The first-order valence-corrected chi connectivity index (χ1v) is 18.5. The second kappa shape index (κ2) is 15.7. The van der Waals surface area contributed by atoms with Crippen LogP contribution in [0.3, 0.4) is 0 Å². The highest BCUT2D eigenvalue weighted by molar-refractivity contribution is 6.36. The van der Waals surface area contributed by atoms with Crippen molar-refractivity contribution in [2.24, 2.45) is 5.92 Å². The maximum Gasteiger partial charge on any atom is 0.255 e. The Labute approximate surface area is 313 Å². The number of ketones is 1. The fraction of sp³-hybridized carbons (Fsp3) is 0.341. The summed E-state index contributed by atoms with van der Waals surface area (Å²) in [5, 5.41) is 0.829. The first-order valence-electron chi connectivity index (χ1n) is 17.7. The molecule has 52 heavy (non-hydrogen) atoms. The van der Waals surface area contributed by atoms with Crippen molar-refractivity contribution in [3.63, 3.8) is 0 Å². The maximum absolute atomic E-state index is 14.0. The number of hydrogen-bond acceptors (Lipinski definition) is 6. The number of fused-ring (bicyclic) bond motifs is 1. The van der Waals surface area contributed by atoms with E-state index in [1.165, 1.54) is 12.1 Å². The fourth-order valence-electron chi connectivity index (χ4n) is 7.59. The smallest absolute Gasteiger partial charge is 0.255 e. The van der Waals surface area contributed by atoms with E-state index in [0.29, 0.717) is 41.1 Å². The van der Waals surface area contributed by atoms with E-state index in [2.05, 4.69) is 22.0 Å². The molecule has 1 aromatic heterocycles. The van der Waals surface area contributed by atoms with E-state index in [-0.39, 0.29) is 35.6 Å². The minimum atomic E-state index is -0.301. The zero-order chi connectivity index (χ0) is 36.2. The molecule has 1 unspecified atom stereocenters. The number of amides is 1. The van der Waals surface area contributed by atoms with Gasteiger partial charge in [-0.2, -0.15) is 0 Å². The molecule has 270 valence electrons. The van der Waals surface area contributed by atoms with E-state index in [0.717, 1.165) is 73.6 Å². The number of carbonyl (C=O) groups is 2. The van der Waals surface area contributed by atoms with Gasteiger partial charge in [-0.15, -0.1) is 0 Å². The number of rotatable bonds is 11. The molecule has 1 amide bonds. The third kappa shape index (κ3) is 7.68. The normalized spacial score (nSPS) is 19.3. The molecule has 0 radical (unpaired) electrons. The van der Waals surface area contributed by atoms with Gasteiger partial charge in [0, 0.05) is 36.0 Å². The predicted molar refractivity (Wildman–Crippen MR) is 201 cm³/mol. The van der Waals surface area contributed by atoms with Gasteiger partial charge in [0.15, 0.2) is 17.3 Å². The van der Waals surface area contributed by atoms with Gasteiger partial charge in [-0.1, -0.05) is 59.6 Å². The Balaban J connectivity index is 1.04. The molecule has 3 aromatic carbocycles. The summed E-state index contributed by atoms with van der Waals surface area (Å²) in [5.74, 6) is 1.36. The molecule has 11 heteroatoms. The quantitative estimate of drug-likeness (QED) is 0.113. The van der Waals surface area contributed by atoms with Crippen LogP contribution in [0.1, 0.15) is 70.4 Å². The third-order valence-corrected chi connectivity index (χ3v) is 11.1. The molecule has 0 aliphatic carbocycles. The van der Waals surface area contributed by atoms with Crippen molar-refractivity contribution < 1.29 is 23.5 Å². The number of benzene rings is 3. The van der Waals surface area contributed by atoms with Gasteiger partial charge in [0.2, 0.25) is 12.6 Å². The zero-order valence-electron chi connectivity index (χ0n) is 29.1. The number of nitrogens with zero attached hydrogens (tertiary/aromatic N) is 4. The Morgan fingerprint density at radius 3 is 2.54 bits per heavy atom.